The van der Waals surface area contributed by atoms with Crippen LogP contribution in [0.4, 0.5) is 0 Å². The fourth-order valence-electron chi connectivity index (χ4n) is 1.56. The van der Waals surface area contributed by atoms with Crippen LogP contribution in [0.1, 0.15) is 10.4 Å². The largest absolute Gasteiger partial charge is 0.491 e. The van der Waals surface area contributed by atoms with Gasteiger partial charge in [-0.2, -0.15) is 0 Å². The van der Waals surface area contributed by atoms with E-state index < -0.39 is 0 Å². The van der Waals surface area contributed by atoms with E-state index in [1.165, 1.54) is 0 Å². The van der Waals surface area contributed by atoms with Crippen molar-refractivity contribution in [3.63, 3.8) is 0 Å². The molecule has 1 aromatic carbocycles. The number of hydrogen-bond donors (Lipinski definition) is 1. The highest BCUT2D eigenvalue weighted by Gasteiger charge is 2.11. The minimum atomic E-state index is -0.00700. The first kappa shape index (κ1) is 15.5. The molecule has 0 aliphatic carbocycles. The van der Waals surface area contributed by atoms with Gasteiger partial charge in [-0.1, -0.05) is 6.07 Å². The fourth-order valence-corrected chi connectivity index (χ4v) is 1.56. The van der Waals surface area contributed by atoms with E-state index in [2.05, 4.69) is 5.32 Å². The zero-order valence-corrected chi connectivity index (χ0v) is 11.8. The van der Waals surface area contributed by atoms with Gasteiger partial charge in [0.15, 0.2) is 0 Å². The molecule has 0 aromatic heterocycles. The van der Waals surface area contributed by atoms with Crippen LogP contribution < -0.4 is 10.1 Å². The van der Waals surface area contributed by atoms with Gasteiger partial charge in [0, 0.05) is 32.8 Å². The van der Waals surface area contributed by atoms with Crippen LogP contribution in [0.25, 0.3) is 0 Å². The van der Waals surface area contributed by atoms with Crippen molar-refractivity contribution in [3.8, 4) is 5.75 Å². The third-order valence-electron chi connectivity index (χ3n) is 2.68. The van der Waals surface area contributed by atoms with Gasteiger partial charge >= 0.3 is 0 Å². The Bertz CT molecular complexity index is 396. The van der Waals surface area contributed by atoms with Gasteiger partial charge in [0.25, 0.3) is 5.91 Å². The maximum Gasteiger partial charge on any atom is 0.253 e. The van der Waals surface area contributed by atoms with Crippen LogP contribution in [-0.4, -0.2) is 58.3 Å². The summed E-state index contributed by atoms with van der Waals surface area (Å²) in [6, 6.07) is 7.20. The van der Waals surface area contributed by atoms with Crippen LogP contribution in [0.5, 0.6) is 5.75 Å². The van der Waals surface area contributed by atoms with Gasteiger partial charge in [-0.15, -0.1) is 0 Å². The number of carbonyl (C=O) groups is 1. The van der Waals surface area contributed by atoms with Crippen molar-refractivity contribution in [3.05, 3.63) is 29.8 Å². The Morgan fingerprint density at radius 2 is 2.16 bits per heavy atom. The highest BCUT2D eigenvalue weighted by molar-refractivity contribution is 5.94. The minimum absolute atomic E-state index is 0.00700. The maximum atomic E-state index is 12.2. The van der Waals surface area contributed by atoms with Crippen LogP contribution in [0.2, 0.25) is 0 Å². The van der Waals surface area contributed by atoms with Crippen LogP contribution in [0.3, 0.4) is 0 Å². The predicted molar refractivity (Wildman–Crippen MR) is 74.7 cm³/mol. The van der Waals surface area contributed by atoms with E-state index >= 15 is 0 Å². The Hall–Kier alpha value is -1.59. The van der Waals surface area contributed by atoms with E-state index in [4.69, 9.17) is 9.47 Å². The first-order valence-corrected chi connectivity index (χ1v) is 6.31. The Morgan fingerprint density at radius 1 is 1.37 bits per heavy atom. The van der Waals surface area contributed by atoms with Crippen LogP contribution in [0.15, 0.2) is 24.3 Å². The van der Waals surface area contributed by atoms with Crippen molar-refractivity contribution >= 4 is 5.91 Å². The van der Waals surface area contributed by atoms with Gasteiger partial charge in [0.2, 0.25) is 0 Å². The van der Waals surface area contributed by atoms with Gasteiger partial charge < -0.3 is 19.7 Å². The quantitative estimate of drug-likeness (QED) is 0.713. The smallest absolute Gasteiger partial charge is 0.253 e. The summed E-state index contributed by atoms with van der Waals surface area (Å²) in [5, 5.41) is 3.02. The lowest BCUT2D eigenvalue weighted by Gasteiger charge is -2.17. The second-order valence-corrected chi connectivity index (χ2v) is 4.20. The number of carbonyl (C=O) groups excluding carboxylic acids is 1. The van der Waals surface area contributed by atoms with Gasteiger partial charge in [0.05, 0.1) is 6.61 Å². The first-order chi connectivity index (χ1) is 9.19. The van der Waals surface area contributed by atoms with Gasteiger partial charge in [-0.05, 0) is 25.2 Å². The molecule has 19 heavy (non-hydrogen) atoms. The average Bonchev–Trinajstić information content (AvgIpc) is 2.44. The highest BCUT2D eigenvalue weighted by atomic mass is 16.5. The molecule has 0 atom stereocenters. The zero-order valence-electron chi connectivity index (χ0n) is 11.8. The molecule has 0 heterocycles. The lowest BCUT2D eigenvalue weighted by atomic mass is 10.2. The molecule has 0 spiro atoms. The summed E-state index contributed by atoms with van der Waals surface area (Å²) >= 11 is 0. The predicted octanol–water partition coefficient (Wildman–Crippen LogP) is 1.00. The Balaban J connectivity index is 2.61. The molecule has 1 N–H and O–H groups in total. The lowest BCUT2D eigenvalue weighted by molar-refractivity contribution is 0.0796. The number of rotatable bonds is 8. The van der Waals surface area contributed by atoms with Crippen molar-refractivity contribution in [2.75, 3.05) is 47.5 Å². The molecule has 0 bridgehead atoms. The summed E-state index contributed by atoms with van der Waals surface area (Å²) in [4.78, 5) is 13.8. The van der Waals surface area contributed by atoms with Crippen molar-refractivity contribution in [1.82, 2.24) is 10.2 Å². The second kappa shape index (κ2) is 8.50. The highest BCUT2D eigenvalue weighted by Crippen LogP contribution is 2.14. The molecular formula is C14H22N2O3. The van der Waals surface area contributed by atoms with Crippen molar-refractivity contribution in [2.45, 2.75) is 0 Å². The molecule has 106 valence electrons. The van der Waals surface area contributed by atoms with E-state index in [1.54, 1.807) is 31.2 Å². The average molecular weight is 266 g/mol. The van der Waals surface area contributed by atoms with Crippen LogP contribution >= 0.6 is 0 Å². The number of nitrogens with zero attached hydrogens (tertiary/aromatic N) is 1. The molecule has 1 rings (SSSR count). The van der Waals surface area contributed by atoms with Crippen molar-refractivity contribution < 1.29 is 14.3 Å². The maximum absolute atomic E-state index is 12.2. The molecule has 0 saturated carbocycles. The lowest BCUT2D eigenvalue weighted by Crippen LogP contribution is -2.32. The van der Waals surface area contributed by atoms with Crippen LogP contribution in [0, 0.1) is 0 Å². The normalized spacial score (nSPS) is 10.3. The molecule has 0 fully saturated rings. The number of ether oxygens (including phenoxy) is 2. The monoisotopic (exact) mass is 266 g/mol. The molecular weight excluding hydrogens is 244 g/mol. The summed E-state index contributed by atoms with van der Waals surface area (Å²) in [6.45, 7) is 2.44. The van der Waals surface area contributed by atoms with Gasteiger partial charge in [-0.3, -0.25) is 4.79 Å². The second-order valence-electron chi connectivity index (χ2n) is 4.20. The molecule has 0 aliphatic heterocycles. The summed E-state index contributed by atoms with van der Waals surface area (Å²) in [6.07, 6.45) is 0. The number of hydrogen-bond acceptors (Lipinski definition) is 4. The third kappa shape index (κ3) is 5.28. The topological polar surface area (TPSA) is 50.8 Å². The standard InChI is InChI=1S/C14H22N2O3/c1-15-7-8-16(2)14(17)12-5-4-6-13(11-12)19-10-9-18-3/h4-6,11,15H,7-10H2,1-3H3. The zero-order chi connectivity index (χ0) is 14.1. The van der Waals surface area contributed by atoms with E-state index in [0.717, 1.165) is 6.54 Å². The van der Waals surface area contributed by atoms with Gasteiger partial charge in [-0.25, -0.2) is 0 Å². The van der Waals surface area contributed by atoms with E-state index in [0.29, 0.717) is 31.1 Å². The van der Waals surface area contributed by atoms with E-state index in [9.17, 15) is 4.79 Å². The Labute approximate surface area is 114 Å². The number of benzene rings is 1. The number of likely N-dealkylation sites (N-methyl/N-ethyl adjacent to an activating group) is 2. The molecule has 1 aromatic rings. The number of methoxy groups -OCH3 is 1. The SMILES string of the molecule is CNCCN(C)C(=O)c1cccc(OCCOC)c1. The van der Waals surface area contributed by atoms with Gasteiger partial charge in [0.1, 0.15) is 12.4 Å². The first-order valence-electron chi connectivity index (χ1n) is 6.31. The summed E-state index contributed by atoms with van der Waals surface area (Å²) in [7, 11) is 5.28. The molecule has 0 saturated heterocycles. The van der Waals surface area contributed by atoms with E-state index in [1.807, 2.05) is 19.2 Å². The fraction of sp³-hybridized carbons (Fsp3) is 0.500. The molecule has 0 unspecified atom stereocenters. The van der Waals surface area contributed by atoms with Crippen molar-refractivity contribution in [1.29, 1.82) is 0 Å². The number of amides is 1. The van der Waals surface area contributed by atoms with Crippen molar-refractivity contribution in [2.24, 2.45) is 0 Å². The molecule has 1 amide bonds. The Morgan fingerprint density at radius 3 is 2.84 bits per heavy atom. The van der Waals surface area contributed by atoms with E-state index in [-0.39, 0.29) is 5.91 Å². The number of nitrogens with one attached hydrogen (secondary N) is 1. The molecule has 5 heteroatoms. The molecule has 0 aliphatic rings. The third-order valence-corrected chi connectivity index (χ3v) is 2.68. The molecule has 0 radical (unpaired) electrons. The minimum Gasteiger partial charge on any atom is -0.491 e. The Kier molecular flexibility index (Phi) is 6.92. The summed E-state index contributed by atoms with van der Waals surface area (Å²) in [5.41, 5.74) is 0.633. The molecule has 5 nitrogen and oxygen atoms in total. The summed E-state index contributed by atoms with van der Waals surface area (Å²) < 4.78 is 10.4. The van der Waals surface area contributed by atoms with Crippen LogP contribution in [-0.2, 0) is 4.74 Å². The summed E-state index contributed by atoms with van der Waals surface area (Å²) in [5.74, 6) is 0.678.